The fourth-order valence-electron chi connectivity index (χ4n) is 1.89. The van der Waals surface area contributed by atoms with E-state index in [-0.39, 0.29) is 25.7 Å². The molecule has 3 nitrogen and oxygen atoms in total. The summed E-state index contributed by atoms with van der Waals surface area (Å²) >= 11 is 0. The van der Waals surface area contributed by atoms with E-state index in [9.17, 15) is 13.9 Å². The standard InChI is InChI=1S/C15H23F2NO2/c1-11(2)18(9-15(16)17)8-13(19)10-20-14-6-4-5-12(3)7-14/h4-7,11,13,15,19H,8-10H2,1-3H3. The molecule has 114 valence electrons. The van der Waals surface area contributed by atoms with Crippen LogP contribution in [0.4, 0.5) is 8.78 Å². The highest BCUT2D eigenvalue weighted by Gasteiger charge is 2.19. The summed E-state index contributed by atoms with van der Waals surface area (Å²) in [4.78, 5) is 1.55. The van der Waals surface area contributed by atoms with Crippen LogP contribution in [0, 0.1) is 6.92 Å². The van der Waals surface area contributed by atoms with E-state index in [1.165, 1.54) is 0 Å². The van der Waals surface area contributed by atoms with Crippen LogP contribution in [-0.2, 0) is 0 Å². The number of benzene rings is 1. The molecule has 0 bridgehead atoms. The number of ether oxygens (including phenoxy) is 1. The molecule has 0 amide bonds. The van der Waals surface area contributed by atoms with Crippen LogP contribution in [0.1, 0.15) is 19.4 Å². The van der Waals surface area contributed by atoms with Gasteiger partial charge in [0.05, 0.1) is 6.54 Å². The number of aryl methyl sites for hydroxylation is 1. The maximum absolute atomic E-state index is 12.4. The molecule has 0 fully saturated rings. The van der Waals surface area contributed by atoms with Crippen LogP contribution in [-0.4, -0.2) is 48.3 Å². The van der Waals surface area contributed by atoms with E-state index < -0.39 is 12.5 Å². The van der Waals surface area contributed by atoms with E-state index >= 15 is 0 Å². The van der Waals surface area contributed by atoms with E-state index in [1.807, 2.05) is 39.0 Å². The van der Waals surface area contributed by atoms with Crippen molar-refractivity contribution in [2.45, 2.75) is 39.3 Å². The molecule has 1 aromatic rings. The van der Waals surface area contributed by atoms with Crippen molar-refractivity contribution >= 4 is 0 Å². The zero-order valence-electron chi connectivity index (χ0n) is 12.2. The lowest BCUT2D eigenvalue weighted by atomic mass is 10.2. The molecule has 0 spiro atoms. The van der Waals surface area contributed by atoms with Crippen LogP contribution in [0.5, 0.6) is 5.75 Å². The number of aliphatic hydroxyl groups is 1. The van der Waals surface area contributed by atoms with E-state index in [2.05, 4.69) is 0 Å². The number of alkyl halides is 2. The van der Waals surface area contributed by atoms with Crippen LogP contribution in [0.3, 0.4) is 0 Å². The van der Waals surface area contributed by atoms with Gasteiger partial charge in [0.15, 0.2) is 0 Å². The first-order chi connectivity index (χ1) is 9.38. The summed E-state index contributed by atoms with van der Waals surface area (Å²) in [7, 11) is 0. The van der Waals surface area contributed by atoms with Gasteiger partial charge in [-0.25, -0.2) is 8.78 Å². The van der Waals surface area contributed by atoms with Crippen molar-refractivity contribution in [1.82, 2.24) is 4.90 Å². The second-order valence-electron chi connectivity index (χ2n) is 5.22. The van der Waals surface area contributed by atoms with Crippen molar-refractivity contribution in [3.8, 4) is 5.75 Å². The summed E-state index contributed by atoms with van der Waals surface area (Å²) in [6.07, 6.45) is -3.20. The number of nitrogens with zero attached hydrogens (tertiary/aromatic N) is 1. The average molecular weight is 287 g/mol. The van der Waals surface area contributed by atoms with Gasteiger partial charge < -0.3 is 9.84 Å². The minimum atomic E-state index is -2.40. The lowest BCUT2D eigenvalue weighted by molar-refractivity contribution is 0.0233. The van der Waals surface area contributed by atoms with E-state index in [0.29, 0.717) is 5.75 Å². The van der Waals surface area contributed by atoms with Crippen molar-refractivity contribution in [3.05, 3.63) is 29.8 Å². The molecule has 0 aliphatic carbocycles. The second-order valence-corrected chi connectivity index (χ2v) is 5.22. The average Bonchev–Trinajstić information content (AvgIpc) is 2.35. The number of hydrogen-bond donors (Lipinski definition) is 1. The van der Waals surface area contributed by atoms with Crippen LogP contribution >= 0.6 is 0 Å². The fourth-order valence-corrected chi connectivity index (χ4v) is 1.89. The first kappa shape index (κ1) is 16.9. The molecule has 0 aliphatic heterocycles. The Labute approximate surface area is 119 Å². The van der Waals surface area contributed by atoms with Crippen LogP contribution in [0.25, 0.3) is 0 Å². The fraction of sp³-hybridized carbons (Fsp3) is 0.600. The predicted molar refractivity (Wildman–Crippen MR) is 75.4 cm³/mol. The first-order valence-corrected chi connectivity index (χ1v) is 6.78. The summed E-state index contributed by atoms with van der Waals surface area (Å²) in [5.74, 6) is 0.675. The Hall–Kier alpha value is -1.20. The van der Waals surface area contributed by atoms with Crippen molar-refractivity contribution < 1.29 is 18.6 Å². The van der Waals surface area contributed by atoms with E-state index in [1.54, 1.807) is 11.0 Å². The largest absolute Gasteiger partial charge is 0.491 e. The Morgan fingerprint density at radius 2 is 1.95 bits per heavy atom. The van der Waals surface area contributed by atoms with Gasteiger partial charge >= 0.3 is 0 Å². The van der Waals surface area contributed by atoms with E-state index in [4.69, 9.17) is 4.74 Å². The number of rotatable bonds is 8. The first-order valence-electron chi connectivity index (χ1n) is 6.78. The van der Waals surface area contributed by atoms with Gasteiger partial charge in [0.2, 0.25) is 0 Å². The normalized spacial score (nSPS) is 13.2. The predicted octanol–water partition coefficient (Wildman–Crippen LogP) is 2.71. The zero-order chi connectivity index (χ0) is 15.1. The Morgan fingerprint density at radius 1 is 1.25 bits per heavy atom. The van der Waals surface area contributed by atoms with Crippen LogP contribution in [0.15, 0.2) is 24.3 Å². The van der Waals surface area contributed by atoms with Crippen molar-refractivity contribution in [2.24, 2.45) is 0 Å². The molecular weight excluding hydrogens is 264 g/mol. The van der Waals surface area contributed by atoms with Crippen LogP contribution in [0.2, 0.25) is 0 Å². The lowest BCUT2D eigenvalue weighted by Crippen LogP contribution is -2.42. The summed E-state index contributed by atoms with van der Waals surface area (Å²) in [6.45, 7) is 5.54. The molecular formula is C15H23F2NO2. The molecule has 1 aromatic carbocycles. The lowest BCUT2D eigenvalue weighted by Gasteiger charge is -2.28. The van der Waals surface area contributed by atoms with Gasteiger partial charge in [-0.2, -0.15) is 0 Å². The Kier molecular flexibility index (Phi) is 6.88. The van der Waals surface area contributed by atoms with Gasteiger partial charge in [-0.15, -0.1) is 0 Å². The number of aliphatic hydroxyl groups excluding tert-OH is 1. The monoisotopic (exact) mass is 287 g/mol. The molecule has 0 heterocycles. The smallest absolute Gasteiger partial charge is 0.251 e. The van der Waals surface area contributed by atoms with Crippen molar-refractivity contribution in [2.75, 3.05) is 19.7 Å². The van der Waals surface area contributed by atoms with E-state index in [0.717, 1.165) is 5.56 Å². The second kappa shape index (κ2) is 8.17. The minimum absolute atomic E-state index is 0.0439. The summed E-state index contributed by atoms with van der Waals surface area (Å²) < 4.78 is 30.3. The highest BCUT2D eigenvalue weighted by molar-refractivity contribution is 5.27. The van der Waals surface area contributed by atoms with Gasteiger partial charge in [-0.1, -0.05) is 12.1 Å². The summed E-state index contributed by atoms with van der Waals surface area (Å²) in [6, 6.07) is 7.45. The number of hydrogen-bond acceptors (Lipinski definition) is 3. The van der Waals surface area contributed by atoms with Gasteiger partial charge in [0.25, 0.3) is 6.43 Å². The minimum Gasteiger partial charge on any atom is -0.491 e. The molecule has 1 unspecified atom stereocenters. The molecule has 1 rings (SSSR count). The Morgan fingerprint density at radius 3 is 2.50 bits per heavy atom. The zero-order valence-corrected chi connectivity index (χ0v) is 12.2. The summed E-state index contributed by atoms with van der Waals surface area (Å²) in [5, 5.41) is 9.90. The maximum Gasteiger partial charge on any atom is 0.251 e. The van der Waals surface area contributed by atoms with Gasteiger partial charge in [-0.05, 0) is 38.5 Å². The molecule has 0 aromatic heterocycles. The molecule has 1 N–H and O–H groups in total. The maximum atomic E-state index is 12.4. The number of halogens is 2. The summed E-state index contributed by atoms with van der Waals surface area (Å²) in [5.41, 5.74) is 1.07. The molecule has 0 saturated heterocycles. The van der Waals surface area contributed by atoms with Gasteiger partial charge in [0.1, 0.15) is 18.5 Å². The van der Waals surface area contributed by atoms with Crippen molar-refractivity contribution in [3.63, 3.8) is 0 Å². The van der Waals surface area contributed by atoms with Gasteiger partial charge in [-0.3, -0.25) is 4.90 Å². The highest BCUT2D eigenvalue weighted by Crippen LogP contribution is 2.13. The highest BCUT2D eigenvalue weighted by atomic mass is 19.3. The third-order valence-electron chi connectivity index (χ3n) is 2.98. The van der Waals surface area contributed by atoms with Gasteiger partial charge in [0, 0.05) is 12.6 Å². The Balaban J connectivity index is 2.43. The van der Waals surface area contributed by atoms with Crippen molar-refractivity contribution in [1.29, 1.82) is 0 Å². The Bertz CT molecular complexity index is 399. The van der Waals surface area contributed by atoms with Crippen LogP contribution < -0.4 is 4.74 Å². The SMILES string of the molecule is Cc1cccc(OCC(O)CN(CC(F)F)C(C)C)c1. The topological polar surface area (TPSA) is 32.7 Å². The molecule has 0 aliphatic rings. The third kappa shape index (κ3) is 6.30. The molecule has 0 radical (unpaired) electrons. The molecule has 0 saturated carbocycles. The molecule has 1 atom stereocenters. The molecule has 5 heteroatoms. The molecule has 20 heavy (non-hydrogen) atoms. The third-order valence-corrected chi connectivity index (χ3v) is 2.98. The quantitative estimate of drug-likeness (QED) is 0.798.